The fourth-order valence-electron chi connectivity index (χ4n) is 2.68. The van der Waals surface area contributed by atoms with Crippen LogP contribution >= 0.6 is 12.2 Å². The number of methoxy groups -OCH3 is 1. The molecule has 3 rings (SSSR count). The average Bonchev–Trinajstić information content (AvgIpc) is 3.04. The van der Waals surface area contributed by atoms with Crippen molar-refractivity contribution >= 4 is 28.7 Å². The van der Waals surface area contributed by atoms with E-state index in [9.17, 15) is 0 Å². The molecule has 0 radical (unpaired) electrons. The highest BCUT2D eigenvalue weighted by atomic mass is 32.1. The van der Waals surface area contributed by atoms with Gasteiger partial charge < -0.3 is 15.4 Å². The lowest BCUT2D eigenvalue weighted by molar-refractivity contribution is 0.417. The van der Waals surface area contributed by atoms with E-state index in [-0.39, 0.29) is 0 Å². The smallest absolute Gasteiger partial charge is 0.175 e. The molecule has 0 saturated heterocycles. The van der Waals surface area contributed by atoms with Gasteiger partial charge in [-0.3, -0.25) is 4.68 Å². The lowest BCUT2D eigenvalue weighted by Crippen LogP contribution is -2.19. The molecule has 1 aromatic heterocycles. The minimum absolute atomic E-state index is 0.490. The van der Waals surface area contributed by atoms with E-state index in [1.165, 1.54) is 11.1 Å². The SMILES string of the molecule is COc1ccc(C)cc1NC(=S)Nc1cnn(Cc2ccccc2C)c1. The summed E-state index contributed by atoms with van der Waals surface area (Å²) in [6.45, 7) is 4.85. The molecule has 0 atom stereocenters. The Hall–Kier alpha value is -2.86. The fourth-order valence-corrected chi connectivity index (χ4v) is 2.91. The maximum absolute atomic E-state index is 5.41. The monoisotopic (exact) mass is 366 g/mol. The van der Waals surface area contributed by atoms with Crippen LogP contribution < -0.4 is 15.4 Å². The molecule has 6 heteroatoms. The molecule has 0 fully saturated rings. The normalized spacial score (nSPS) is 10.4. The number of aryl methyl sites for hydroxylation is 2. The van der Waals surface area contributed by atoms with E-state index in [1.807, 2.05) is 48.1 Å². The molecule has 0 aliphatic heterocycles. The zero-order valence-electron chi connectivity index (χ0n) is 15.1. The van der Waals surface area contributed by atoms with E-state index < -0.39 is 0 Å². The summed E-state index contributed by atoms with van der Waals surface area (Å²) in [4.78, 5) is 0. The van der Waals surface area contributed by atoms with Gasteiger partial charge in [-0.25, -0.2) is 0 Å². The molecule has 2 N–H and O–H groups in total. The first-order valence-corrected chi connectivity index (χ1v) is 8.75. The molecule has 3 aromatic rings. The maximum Gasteiger partial charge on any atom is 0.175 e. The molecule has 1 heterocycles. The van der Waals surface area contributed by atoms with Crippen molar-refractivity contribution in [1.29, 1.82) is 0 Å². The van der Waals surface area contributed by atoms with Gasteiger partial charge in [-0.05, 0) is 54.9 Å². The van der Waals surface area contributed by atoms with Gasteiger partial charge in [0, 0.05) is 6.20 Å². The Labute approximate surface area is 159 Å². The maximum atomic E-state index is 5.41. The Kier molecular flexibility index (Phi) is 5.53. The minimum Gasteiger partial charge on any atom is -0.495 e. The molecule has 0 amide bonds. The Bertz CT molecular complexity index is 920. The molecule has 0 spiro atoms. The Morgan fingerprint density at radius 3 is 2.73 bits per heavy atom. The largest absolute Gasteiger partial charge is 0.495 e. The first-order valence-electron chi connectivity index (χ1n) is 8.35. The molecule has 5 nitrogen and oxygen atoms in total. The second-order valence-electron chi connectivity index (χ2n) is 6.14. The molecule has 0 aliphatic rings. The molecule has 0 saturated carbocycles. The lowest BCUT2D eigenvalue weighted by atomic mass is 10.1. The number of anilines is 2. The van der Waals surface area contributed by atoms with Crippen molar-refractivity contribution in [1.82, 2.24) is 9.78 Å². The number of nitrogens with one attached hydrogen (secondary N) is 2. The number of aromatic nitrogens is 2. The Morgan fingerprint density at radius 1 is 1.15 bits per heavy atom. The summed E-state index contributed by atoms with van der Waals surface area (Å²) in [6.07, 6.45) is 3.70. The predicted octanol–water partition coefficient (Wildman–Crippen LogP) is 4.37. The van der Waals surface area contributed by atoms with Crippen LogP contribution in [0.4, 0.5) is 11.4 Å². The van der Waals surface area contributed by atoms with Crippen molar-refractivity contribution in [2.75, 3.05) is 17.7 Å². The summed E-state index contributed by atoms with van der Waals surface area (Å²) >= 11 is 5.41. The second kappa shape index (κ2) is 8.01. The third-order valence-corrected chi connectivity index (χ3v) is 4.29. The number of ether oxygens (including phenoxy) is 1. The third kappa shape index (κ3) is 4.40. The number of rotatable bonds is 5. The number of nitrogens with zero attached hydrogens (tertiary/aromatic N) is 2. The number of benzene rings is 2. The van der Waals surface area contributed by atoms with E-state index in [2.05, 4.69) is 34.8 Å². The van der Waals surface area contributed by atoms with Gasteiger partial charge in [-0.1, -0.05) is 30.3 Å². The third-order valence-electron chi connectivity index (χ3n) is 4.09. The van der Waals surface area contributed by atoms with Crippen LogP contribution in [0.3, 0.4) is 0 Å². The first-order chi connectivity index (χ1) is 12.5. The van der Waals surface area contributed by atoms with Crippen LogP contribution in [0.15, 0.2) is 54.9 Å². The van der Waals surface area contributed by atoms with Crippen molar-refractivity contribution in [2.24, 2.45) is 0 Å². The van der Waals surface area contributed by atoms with Crippen LogP contribution in [-0.2, 0) is 6.54 Å². The van der Waals surface area contributed by atoms with Crippen LogP contribution in [0.5, 0.6) is 5.75 Å². The van der Waals surface area contributed by atoms with Crippen molar-refractivity contribution in [2.45, 2.75) is 20.4 Å². The lowest BCUT2D eigenvalue weighted by Gasteiger charge is -2.13. The van der Waals surface area contributed by atoms with E-state index in [0.717, 1.165) is 29.2 Å². The van der Waals surface area contributed by atoms with Crippen molar-refractivity contribution in [3.05, 3.63) is 71.5 Å². The summed E-state index contributed by atoms with van der Waals surface area (Å²) in [5.74, 6) is 0.745. The predicted molar refractivity (Wildman–Crippen MR) is 110 cm³/mol. The first kappa shape index (κ1) is 17.9. The van der Waals surface area contributed by atoms with Crippen LogP contribution in [0.1, 0.15) is 16.7 Å². The standard InChI is InChI=1S/C20H22N4OS/c1-14-8-9-19(25-3)18(10-14)23-20(26)22-17-11-21-24(13-17)12-16-7-5-4-6-15(16)2/h4-11,13H,12H2,1-3H3,(H2,22,23,26). The van der Waals surface area contributed by atoms with Gasteiger partial charge >= 0.3 is 0 Å². The van der Waals surface area contributed by atoms with Crippen LogP contribution in [0.25, 0.3) is 0 Å². The van der Waals surface area contributed by atoms with E-state index in [1.54, 1.807) is 13.3 Å². The zero-order chi connectivity index (χ0) is 18.5. The number of thiocarbonyl (C=S) groups is 1. The molecule has 2 aromatic carbocycles. The molecular weight excluding hydrogens is 344 g/mol. The van der Waals surface area contributed by atoms with Gasteiger partial charge in [0.25, 0.3) is 0 Å². The minimum atomic E-state index is 0.490. The molecule has 134 valence electrons. The topological polar surface area (TPSA) is 51.1 Å². The molecule has 26 heavy (non-hydrogen) atoms. The highest BCUT2D eigenvalue weighted by Gasteiger charge is 2.07. The summed E-state index contributed by atoms with van der Waals surface area (Å²) in [5.41, 5.74) is 5.29. The fraction of sp³-hybridized carbons (Fsp3) is 0.200. The highest BCUT2D eigenvalue weighted by Crippen LogP contribution is 2.25. The van der Waals surface area contributed by atoms with Gasteiger partial charge in [0.1, 0.15) is 5.75 Å². The number of hydrogen-bond acceptors (Lipinski definition) is 3. The van der Waals surface area contributed by atoms with E-state index >= 15 is 0 Å². The van der Waals surface area contributed by atoms with Gasteiger partial charge in [-0.2, -0.15) is 5.10 Å². The van der Waals surface area contributed by atoms with Crippen molar-refractivity contribution in [3.8, 4) is 5.75 Å². The highest BCUT2D eigenvalue weighted by molar-refractivity contribution is 7.80. The molecule has 0 bridgehead atoms. The van der Waals surface area contributed by atoms with E-state index in [4.69, 9.17) is 17.0 Å². The quantitative estimate of drug-likeness (QED) is 0.657. The van der Waals surface area contributed by atoms with Gasteiger partial charge in [0.2, 0.25) is 0 Å². The summed E-state index contributed by atoms with van der Waals surface area (Å²) < 4.78 is 7.26. The van der Waals surface area contributed by atoms with Crippen LogP contribution in [0.2, 0.25) is 0 Å². The van der Waals surface area contributed by atoms with Gasteiger partial charge in [-0.15, -0.1) is 0 Å². The van der Waals surface area contributed by atoms with Gasteiger partial charge in [0.15, 0.2) is 5.11 Å². The summed E-state index contributed by atoms with van der Waals surface area (Å²) in [7, 11) is 1.64. The van der Waals surface area contributed by atoms with Crippen molar-refractivity contribution in [3.63, 3.8) is 0 Å². The molecular formula is C20H22N4OS. The Morgan fingerprint density at radius 2 is 1.96 bits per heavy atom. The zero-order valence-corrected chi connectivity index (χ0v) is 15.9. The van der Waals surface area contributed by atoms with Crippen molar-refractivity contribution < 1.29 is 4.74 Å². The summed E-state index contributed by atoms with van der Waals surface area (Å²) in [6, 6.07) is 14.2. The Balaban J connectivity index is 1.65. The van der Waals surface area contributed by atoms with E-state index in [0.29, 0.717) is 5.11 Å². The van der Waals surface area contributed by atoms with Gasteiger partial charge in [0.05, 0.1) is 31.2 Å². The second-order valence-corrected chi connectivity index (χ2v) is 6.54. The average molecular weight is 366 g/mol. The van der Waals surface area contributed by atoms with Crippen LogP contribution in [0, 0.1) is 13.8 Å². The summed E-state index contributed by atoms with van der Waals surface area (Å²) in [5, 5.41) is 11.2. The number of hydrogen-bond donors (Lipinski definition) is 2. The molecule has 0 aliphatic carbocycles. The molecule has 0 unspecified atom stereocenters. The van der Waals surface area contributed by atoms with Crippen LogP contribution in [-0.4, -0.2) is 22.0 Å².